The van der Waals surface area contributed by atoms with Gasteiger partial charge in [-0.1, -0.05) is 30.3 Å². The fourth-order valence-corrected chi connectivity index (χ4v) is 2.03. The molecule has 0 unspecified atom stereocenters. The minimum atomic E-state index is -0.667. The molecule has 0 fully saturated rings. The first-order valence-electron chi connectivity index (χ1n) is 5.71. The minimum absolute atomic E-state index is 0.474. The summed E-state index contributed by atoms with van der Waals surface area (Å²) >= 11 is 0. The largest absolute Gasteiger partial charge is 0.384 e. The molecule has 0 saturated carbocycles. The molecule has 4 heteroatoms. The number of aromatic nitrogens is 2. The summed E-state index contributed by atoms with van der Waals surface area (Å²) in [6.45, 7) is 0. The van der Waals surface area contributed by atoms with Crippen LogP contribution in [0, 0.1) is 0 Å². The molecule has 0 aliphatic rings. The highest BCUT2D eigenvalue weighted by molar-refractivity contribution is 5.81. The normalized spacial score (nSPS) is 12.7. The second kappa shape index (κ2) is 4.16. The lowest BCUT2D eigenvalue weighted by Crippen LogP contribution is -1.99. The van der Waals surface area contributed by atoms with E-state index in [0.29, 0.717) is 5.82 Å². The summed E-state index contributed by atoms with van der Waals surface area (Å²) in [5, 5.41) is 11.2. The van der Waals surface area contributed by atoms with Gasteiger partial charge in [-0.05, 0) is 17.7 Å². The standard InChI is InChI=1S/C14H13N3O/c15-13-7-10-6-11(17-12(10)8-16-13)14(18)9-4-2-1-3-5-9/h1-8,14,17-18H,(H2,15,16)/t14-/m0/s1. The van der Waals surface area contributed by atoms with Crippen molar-refractivity contribution < 1.29 is 5.11 Å². The van der Waals surface area contributed by atoms with Crippen molar-refractivity contribution in [2.45, 2.75) is 6.10 Å². The van der Waals surface area contributed by atoms with E-state index in [-0.39, 0.29) is 0 Å². The summed E-state index contributed by atoms with van der Waals surface area (Å²) in [6.07, 6.45) is 1.01. The van der Waals surface area contributed by atoms with Crippen molar-refractivity contribution >= 4 is 16.7 Å². The molecule has 3 aromatic rings. The monoisotopic (exact) mass is 239 g/mol. The number of nitrogens with two attached hydrogens (primary N) is 1. The Morgan fingerprint density at radius 1 is 1.17 bits per heavy atom. The molecule has 18 heavy (non-hydrogen) atoms. The van der Waals surface area contributed by atoms with Crippen LogP contribution in [0.1, 0.15) is 17.4 Å². The first-order chi connectivity index (χ1) is 8.74. The third-order valence-corrected chi connectivity index (χ3v) is 2.96. The number of nitrogens with zero attached hydrogens (tertiary/aromatic N) is 1. The number of pyridine rings is 1. The van der Waals surface area contributed by atoms with Crippen LogP contribution in [0.15, 0.2) is 48.7 Å². The molecule has 0 amide bonds. The molecule has 0 spiro atoms. The second-order valence-corrected chi connectivity index (χ2v) is 4.23. The van der Waals surface area contributed by atoms with Gasteiger partial charge in [0.2, 0.25) is 0 Å². The molecule has 0 aliphatic carbocycles. The third kappa shape index (κ3) is 1.83. The molecule has 4 N–H and O–H groups in total. The molecule has 0 aliphatic heterocycles. The van der Waals surface area contributed by atoms with Gasteiger partial charge in [0.15, 0.2) is 0 Å². The topological polar surface area (TPSA) is 74.9 Å². The number of benzene rings is 1. The zero-order chi connectivity index (χ0) is 12.5. The van der Waals surface area contributed by atoms with E-state index >= 15 is 0 Å². The maximum absolute atomic E-state index is 10.3. The van der Waals surface area contributed by atoms with Crippen molar-refractivity contribution in [2.24, 2.45) is 0 Å². The quantitative estimate of drug-likeness (QED) is 0.642. The van der Waals surface area contributed by atoms with Crippen LogP contribution >= 0.6 is 0 Å². The maximum Gasteiger partial charge on any atom is 0.124 e. The molecular formula is C14H13N3O. The van der Waals surface area contributed by atoms with Gasteiger partial charge < -0.3 is 15.8 Å². The molecule has 4 nitrogen and oxygen atoms in total. The van der Waals surface area contributed by atoms with Crippen LogP contribution in [0.2, 0.25) is 0 Å². The molecule has 0 radical (unpaired) electrons. The number of nitrogens with one attached hydrogen (secondary N) is 1. The lowest BCUT2D eigenvalue weighted by atomic mass is 10.1. The van der Waals surface area contributed by atoms with E-state index in [1.807, 2.05) is 36.4 Å². The average molecular weight is 239 g/mol. The molecule has 2 heterocycles. The van der Waals surface area contributed by atoms with Gasteiger partial charge in [-0.2, -0.15) is 0 Å². The molecule has 1 atom stereocenters. The number of rotatable bonds is 2. The van der Waals surface area contributed by atoms with Gasteiger partial charge in [0.25, 0.3) is 0 Å². The van der Waals surface area contributed by atoms with Gasteiger partial charge >= 0.3 is 0 Å². The highest BCUT2D eigenvalue weighted by Gasteiger charge is 2.12. The van der Waals surface area contributed by atoms with Gasteiger partial charge in [0.05, 0.1) is 11.7 Å². The predicted octanol–water partition coefficient (Wildman–Crippen LogP) is 2.23. The highest BCUT2D eigenvalue weighted by Crippen LogP contribution is 2.25. The fraction of sp³-hybridized carbons (Fsp3) is 0.0714. The van der Waals surface area contributed by atoms with Crippen molar-refractivity contribution in [1.29, 1.82) is 0 Å². The summed E-state index contributed by atoms with van der Waals surface area (Å²) in [4.78, 5) is 7.17. The Morgan fingerprint density at radius 3 is 2.72 bits per heavy atom. The number of aliphatic hydroxyl groups excluding tert-OH is 1. The molecule has 3 rings (SSSR count). The van der Waals surface area contributed by atoms with Gasteiger partial charge in [-0.15, -0.1) is 0 Å². The van der Waals surface area contributed by atoms with Crippen molar-refractivity contribution in [3.63, 3.8) is 0 Å². The van der Waals surface area contributed by atoms with E-state index in [2.05, 4.69) is 9.97 Å². The van der Waals surface area contributed by atoms with Crippen LogP contribution in [0.5, 0.6) is 0 Å². The van der Waals surface area contributed by atoms with E-state index in [4.69, 9.17) is 5.73 Å². The van der Waals surface area contributed by atoms with Crippen LogP contribution in [-0.2, 0) is 0 Å². The van der Waals surface area contributed by atoms with Gasteiger partial charge in [-0.3, -0.25) is 0 Å². The summed E-state index contributed by atoms with van der Waals surface area (Å²) in [5.74, 6) is 0.474. The summed E-state index contributed by atoms with van der Waals surface area (Å²) in [6, 6.07) is 13.2. The van der Waals surface area contributed by atoms with Crippen LogP contribution in [0.3, 0.4) is 0 Å². The number of aliphatic hydroxyl groups is 1. The van der Waals surface area contributed by atoms with Gasteiger partial charge in [-0.25, -0.2) is 4.98 Å². The Kier molecular flexibility index (Phi) is 2.50. The molecule has 0 bridgehead atoms. The van der Waals surface area contributed by atoms with E-state index < -0.39 is 6.10 Å². The van der Waals surface area contributed by atoms with E-state index in [0.717, 1.165) is 22.2 Å². The van der Waals surface area contributed by atoms with E-state index in [1.165, 1.54) is 0 Å². The number of H-pyrrole nitrogens is 1. The zero-order valence-corrected chi connectivity index (χ0v) is 9.67. The van der Waals surface area contributed by atoms with Gasteiger partial charge in [0, 0.05) is 11.1 Å². The van der Waals surface area contributed by atoms with Crippen molar-refractivity contribution in [2.75, 3.05) is 5.73 Å². The first kappa shape index (κ1) is 10.8. The Bertz CT molecular complexity index is 676. The van der Waals surface area contributed by atoms with Crippen molar-refractivity contribution in [3.05, 3.63) is 59.9 Å². The first-order valence-corrected chi connectivity index (χ1v) is 5.71. The molecule has 90 valence electrons. The molecule has 2 aromatic heterocycles. The lowest BCUT2D eigenvalue weighted by molar-refractivity contribution is 0.216. The van der Waals surface area contributed by atoms with E-state index in [1.54, 1.807) is 12.3 Å². The Morgan fingerprint density at radius 2 is 1.94 bits per heavy atom. The Hall–Kier alpha value is -2.33. The Labute approximate surface area is 104 Å². The fourth-order valence-electron chi connectivity index (χ4n) is 2.03. The maximum atomic E-state index is 10.3. The smallest absolute Gasteiger partial charge is 0.124 e. The molecule has 1 aromatic carbocycles. The average Bonchev–Trinajstić information content (AvgIpc) is 2.81. The Balaban J connectivity index is 2.04. The number of nitrogen functional groups attached to an aromatic ring is 1. The van der Waals surface area contributed by atoms with Crippen molar-refractivity contribution in [3.8, 4) is 0 Å². The lowest BCUT2D eigenvalue weighted by Gasteiger charge is -2.08. The summed E-state index contributed by atoms with van der Waals surface area (Å²) in [5.41, 5.74) is 8.09. The predicted molar refractivity (Wildman–Crippen MR) is 71.0 cm³/mol. The summed E-state index contributed by atoms with van der Waals surface area (Å²) in [7, 11) is 0. The number of fused-ring (bicyclic) bond motifs is 1. The third-order valence-electron chi connectivity index (χ3n) is 2.96. The van der Waals surface area contributed by atoms with Crippen LogP contribution < -0.4 is 5.73 Å². The molecule has 0 saturated heterocycles. The zero-order valence-electron chi connectivity index (χ0n) is 9.67. The minimum Gasteiger partial charge on any atom is -0.384 e. The summed E-state index contributed by atoms with van der Waals surface area (Å²) < 4.78 is 0. The van der Waals surface area contributed by atoms with Gasteiger partial charge in [0.1, 0.15) is 11.9 Å². The number of aromatic amines is 1. The number of hydrogen-bond donors (Lipinski definition) is 3. The van der Waals surface area contributed by atoms with Crippen molar-refractivity contribution in [1.82, 2.24) is 9.97 Å². The molecular weight excluding hydrogens is 226 g/mol. The van der Waals surface area contributed by atoms with Crippen LogP contribution in [-0.4, -0.2) is 15.1 Å². The SMILES string of the molecule is Nc1cc2cc([C@@H](O)c3ccccc3)[nH]c2cn1. The number of anilines is 1. The number of hydrogen-bond acceptors (Lipinski definition) is 3. The van der Waals surface area contributed by atoms with E-state index in [9.17, 15) is 5.11 Å². The van der Waals surface area contributed by atoms with Crippen LogP contribution in [0.25, 0.3) is 10.9 Å². The van der Waals surface area contributed by atoms with Crippen LogP contribution in [0.4, 0.5) is 5.82 Å². The second-order valence-electron chi connectivity index (χ2n) is 4.23. The highest BCUT2D eigenvalue weighted by atomic mass is 16.3.